The zero-order chi connectivity index (χ0) is 16.9. The summed E-state index contributed by atoms with van der Waals surface area (Å²) in [4.78, 5) is 15.1. The van der Waals surface area contributed by atoms with Crippen molar-refractivity contribution in [1.29, 1.82) is 0 Å². The molecule has 0 aliphatic carbocycles. The van der Waals surface area contributed by atoms with E-state index in [1.807, 2.05) is 36.4 Å². The standard InChI is InChI=1S/C18H14ClNO3S/c19-14-5-7-16(8-6-14)23-10-12-1-3-13(4-2-12)18-20-15(11-24-18)9-17(21)22/h1-8,11H,9-10H2,(H,21,22). The molecule has 6 heteroatoms. The van der Waals surface area contributed by atoms with Crippen LogP contribution in [0.15, 0.2) is 53.9 Å². The van der Waals surface area contributed by atoms with E-state index in [0.717, 1.165) is 21.9 Å². The lowest BCUT2D eigenvalue weighted by molar-refractivity contribution is -0.136. The number of benzene rings is 2. The molecule has 122 valence electrons. The number of rotatable bonds is 6. The highest BCUT2D eigenvalue weighted by molar-refractivity contribution is 7.13. The summed E-state index contributed by atoms with van der Waals surface area (Å²) < 4.78 is 5.70. The maximum atomic E-state index is 10.7. The van der Waals surface area contributed by atoms with Crippen LogP contribution in [0, 0.1) is 0 Å². The summed E-state index contributed by atoms with van der Waals surface area (Å²) in [7, 11) is 0. The summed E-state index contributed by atoms with van der Waals surface area (Å²) in [6.07, 6.45) is -0.0521. The van der Waals surface area contributed by atoms with Crippen LogP contribution in [0.4, 0.5) is 0 Å². The van der Waals surface area contributed by atoms with Gasteiger partial charge in [-0.15, -0.1) is 11.3 Å². The zero-order valence-electron chi connectivity index (χ0n) is 12.6. The first-order chi connectivity index (χ1) is 11.6. The van der Waals surface area contributed by atoms with Crippen LogP contribution < -0.4 is 4.74 Å². The summed E-state index contributed by atoms with van der Waals surface area (Å²) in [5, 5.41) is 12.1. The Bertz CT molecular complexity index is 828. The predicted octanol–water partition coefficient (Wildman–Crippen LogP) is 4.67. The first-order valence-corrected chi connectivity index (χ1v) is 8.50. The maximum absolute atomic E-state index is 10.7. The Morgan fingerprint density at radius 3 is 2.50 bits per heavy atom. The topological polar surface area (TPSA) is 59.4 Å². The van der Waals surface area contributed by atoms with Crippen molar-refractivity contribution in [3.8, 4) is 16.3 Å². The van der Waals surface area contributed by atoms with Crippen LogP contribution in [0.3, 0.4) is 0 Å². The van der Waals surface area contributed by atoms with E-state index in [0.29, 0.717) is 17.3 Å². The molecule has 3 aromatic rings. The van der Waals surface area contributed by atoms with E-state index in [9.17, 15) is 4.79 Å². The fourth-order valence-electron chi connectivity index (χ4n) is 2.12. The smallest absolute Gasteiger partial charge is 0.309 e. The average Bonchev–Trinajstić information content (AvgIpc) is 3.02. The second-order valence-electron chi connectivity index (χ2n) is 5.15. The fraction of sp³-hybridized carbons (Fsp3) is 0.111. The van der Waals surface area contributed by atoms with Crippen molar-refractivity contribution in [2.45, 2.75) is 13.0 Å². The summed E-state index contributed by atoms with van der Waals surface area (Å²) in [6, 6.07) is 15.1. The van der Waals surface area contributed by atoms with Gasteiger partial charge in [-0.05, 0) is 29.8 Å². The highest BCUT2D eigenvalue weighted by Gasteiger charge is 2.08. The highest BCUT2D eigenvalue weighted by atomic mass is 35.5. The van der Waals surface area contributed by atoms with Crippen LogP contribution in [0.5, 0.6) is 5.75 Å². The van der Waals surface area contributed by atoms with Crippen molar-refractivity contribution in [2.75, 3.05) is 0 Å². The molecule has 3 rings (SSSR count). The largest absolute Gasteiger partial charge is 0.489 e. The van der Waals surface area contributed by atoms with Crippen LogP contribution in [0.1, 0.15) is 11.3 Å². The monoisotopic (exact) mass is 359 g/mol. The van der Waals surface area contributed by atoms with E-state index in [2.05, 4.69) is 4.98 Å². The van der Waals surface area contributed by atoms with Gasteiger partial charge in [0, 0.05) is 16.0 Å². The van der Waals surface area contributed by atoms with Gasteiger partial charge in [-0.3, -0.25) is 4.79 Å². The third-order valence-electron chi connectivity index (χ3n) is 3.30. The number of carbonyl (C=O) groups is 1. The first-order valence-electron chi connectivity index (χ1n) is 7.24. The van der Waals surface area contributed by atoms with E-state index in [4.69, 9.17) is 21.4 Å². The van der Waals surface area contributed by atoms with Gasteiger partial charge >= 0.3 is 5.97 Å². The van der Waals surface area contributed by atoms with Gasteiger partial charge in [0.2, 0.25) is 0 Å². The Morgan fingerprint density at radius 2 is 1.83 bits per heavy atom. The van der Waals surface area contributed by atoms with Crippen LogP contribution in [0.25, 0.3) is 10.6 Å². The van der Waals surface area contributed by atoms with E-state index in [-0.39, 0.29) is 6.42 Å². The number of ether oxygens (including phenoxy) is 1. The molecule has 1 aromatic heterocycles. The number of carboxylic acids is 1. The van der Waals surface area contributed by atoms with Crippen LogP contribution in [0.2, 0.25) is 5.02 Å². The Morgan fingerprint density at radius 1 is 1.12 bits per heavy atom. The molecule has 0 unspecified atom stereocenters. The molecule has 24 heavy (non-hydrogen) atoms. The van der Waals surface area contributed by atoms with Crippen molar-refractivity contribution in [3.63, 3.8) is 0 Å². The predicted molar refractivity (Wildman–Crippen MR) is 94.7 cm³/mol. The van der Waals surface area contributed by atoms with Gasteiger partial charge in [0.1, 0.15) is 17.4 Å². The second kappa shape index (κ2) is 7.47. The van der Waals surface area contributed by atoms with Gasteiger partial charge in [0.25, 0.3) is 0 Å². The number of aromatic nitrogens is 1. The number of hydrogen-bond acceptors (Lipinski definition) is 4. The molecule has 2 aromatic carbocycles. The molecule has 0 aliphatic rings. The third-order valence-corrected chi connectivity index (χ3v) is 4.50. The van der Waals surface area contributed by atoms with Crippen molar-refractivity contribution >= 4 is 28.9 Å². The molecule has 0 aliphatic heterocycles. The summed E-state index contributed by atoms with van der Waals surface area (Å²) >= 11 is 7.28. The molecule has 0 atom stereocenters. The SMILES string of the molecule is O=C(O)Cc1csc(-c2ccc(COc3ccc(Cl)cc3)cc2)n1. The minimum atomic E-state index is -0.874. The van der Waals surface area contributed by atoms with Crippen molar-refractivity contribution in [3.05, 3.63) is 70.2 Å². The van der Waals surface area contributed by atoms with Gasteiger partial charge in [-0.2, -0.15) is 0 Å². The Balaban J connectivity index is 1.63. The second-order valence-corrected chi connectivity index (χ2v) is 6.45. The first kappa shape index (κ1) is 16.5. The van der Waals surface area contributed by atoms with Crippen molar-refractivity contribution < 1.29 is 14.6 Å². The number of thiazole rings is 1. The molecule has 1 N–H and O–H groups in total. The van der Waals surface area contributed by atoms with Gasteiger partial charge in [-0.25, -0.2) is 4.98 Å². The number of nitrogens with zero attached hydrogens (tertiary/aromatic N) is 1. The van der Waals surface area contributed by atoms with Gasteiger partial charge < -0.3 is 9.84 Å². The Labute approximate surface area is 148 Å². The number of hydrogen-bond donors (Lipinski definition) is 1. The minimum absolute atomic E-state index is 0.0521. The molecule has 0 saturated heterocycles. The van der Waals surface area contributed by atoms with E-state index >= 15 is 0 Å². The molecular weight excluding hydrogens is 346 g/mol. The number of halogens is 1. The quantitative estimate of drug-likeness (QED) is 0.694. The lowest BCUT2D eigenvalue weighted by atomic mass is 10.1. The van der Waals surface area contributed by atoms with Gasteiger partial charge in [0.15, 0.2) is 0 Å². The lowest BCUT2D eigenvalue weighted by Crippen LogP contribution is -1.99. The molecule has 0 spiro atoms. The van der Waals surface area contributed by atoms with Crippen molar-refractivity contribution in [2.24, 2.45) is 0 Å². The van der Waals surface area contributed by atoms with Crippen molar-refractivity contribution in [1.82, 2.24) is 4.98 Å². The molecule has 0 fully saturated rings. The van der Waals surface area contributed by atoms with Crippen LogP contribution in [-0.4, -0.2) is 16.1 Å². The van der Waals surface area contributed by atoms with Gasteiger partial charge in [0.05, 0.1) is 12.1 Å². The lowest BCUT2D eigenvalue weighted by Gasteiger charge is -2.06. The highest BCUT2D eigenvalue weighted by Crippen LogP contribution is 2.25. The van der Waals surface area contributed by atoms with E-state index in [1.165, 1.54) is 11.3 Å². The molecule has 0 bridgehead atoms. The molecule has 4 nitrogen and oxygen atoms in total. The Kier molecular flexibility index (Phi) is 5.13. The number of aliphatic carboxylic acids is 1. The van der Waals surface area contributed by atoms with E-state index in [1.54, 1.807) is 17.5 Å². The molecule has 0 amide bonds. The van der Waals surface area contributed by atoms with Crippen LogP contribution >= 0.6 is 22.9 Å². The molecule has 0 radical (unpaired) electrons. The molecule has 0 saturated carbocycles. The molecular formula is C18H14ClNO3S. The normalized spacial score (nSPS) is 10.5. The summed E-state index contributed by atoms with van der Waals surface area (Å²) in [5.74, 6) is -0.108. The minimum Gasteiger partial charge on any atom is -0.489 e. The fourth-order valence-corrected chi connectivity index (χ4v) is 3.07. The average molecular weight is 360 g/mol. The third kappa shape index (κ3) is 4.34. The molecule has 1 heterocycles. The zero-order valence-corrected chi connectivity index (χ0v) is 14.2. The summed E-state index contributed by atoms with van der Waals surface area (Å²) in [5.41, 5.74) is 2.58. The maximum Gasteiger partial charge on any atom is 0.309 e. The number of carboxylic acid groups (broad SMARTS) is 1. The Hall–Kier alpha value is -2.37. The van der Waals surface area contributed by atoms with E-state index < -0.39 is 5.97 Å². The van der Waals surface area contributed by atoms with Crippen LogP contribution in [-0.2, 0) is 17.8 Å². The summed E-state index contributed by atoms with van der Waals surface area (Å²) in [6.45, 7) is 0.462. The van der Waals surface area contributed by atoms with Gasteiger partial charge in [-0.1, -0.05) is 35.9 Å².